The summed E-state index contributed by atoms with van der Waals surface area (Å²) in [5.74, 6) is -0.998. The second-order valence-electron chi connectivity index (χ2n) is 5.61. The molecule has 9 heteroatoms. The molecule has 2 N–H and O–H groups in total. The number of hydrogen-bond acceptors (Lipinski definition) is 5. The minimum atomic E-state index is -3.68. The molecule has 8 nitrogen and oxygen atoms in total. The SMILES string of the molecule is CC(C)C1(O)CN(S(=O)(=O)c2cnn(CCC(=O)O)c2)C1. The average Bonchev–Trinajstić information content (AvgIpc) is 2.81. The zero-order valence-corrected chi connectivity index (χ0v) is 12.7. The number of aromatic nitrogens is 2. The lowest BCUT2D eigenvalue weighted by molar-refractivity contribution is -0.137. The standard InChI is InChI=1S/C12H19N3O5S/c1-9(2)12(18)7-15(8-12)21(19,20)10-5-13-14(6-10)4-3-11(16)17/h5-6,9,18H,3-4,7-8H2,1-2H3,(H,16,17). The molecule has 0 unspecified atom stereocenters. The molecule has 0 aromatic carbocycles. The zero-order chi connectivity index (χ0) is 15.8. The second-order valence-corrected chi connectivity index (χ2v) is 7.55. The molecule has 1 aliphatic heterocycles. The number of nitrogens with zero attached hydrogens (tertiary/aromatic N) is 3. The molecule has 0 amide bonds. The molecule has 2 heterocycles. The van der Waals surface area contributed by atoms with Gasteiger partial charge in [-0.05, 0) is 5.92 Å². The first-order valence-corrected chi connectivity index (χ1v) is 8.06. The van der Waals surface area contributed by atoms with Gasteiger partial charge in [0.05, 0.1) is 24.8 Å². The lowest BCUT2D eigenvalue weighted by atomic mass is 9.85. The van der Waals surface area contributed by atoms with E-state index < -0.39 is 21.6 Å². The molecule has 2 rings (SSSR count). The van der Waals surface area contributed by atoms with Gasteiger partial charge in [0.25, 0.3) is 0 Å². The minimum absolute atomic E-state index is 0.0127. The first-order chi connectivity index (χ1) is 9.65. The fourth-order valence-corrected chi connectivity index (χ4v) is 3.58. The number of aliphatic carboxylic acids is 1. The number of carboxylic acids is 1. The summed E-state index contributed by atoms with van der Waals surface area (Å²) in [4.78, 5) is 10.5. The van der Waals surface area contributed by atoms with E-state index in [-0.39, 0.29) is 36.9 Å². The number of aliphatic hydroxyl groups is 1. The van der Waals surface area contributed by atoms with Gasteiger partial charge < -0.3 is 10.2 Å². The van der Waals surface area contributed by atoms with Crippen molar-refractivity contribution in [1.82, 2.24) is 14.1 Å². The first-order valence-electron chi connectivity index (χ1n) is 6.62. The third kappa shape index (κ3) is 3.09. The highest BCUT2D eigenvalue weighted by Gasteiger charge is 2.49. The van der Waals surface area contributed by atoms with Gasteiger partial charge in [-0.3, -0.25) is 9.48 Å². The normalized spacial score (nSPS) is 18.7. The lowest BCUT2D eigenvalue weighted by Gasteiger charge is -2.47. The number of rotatable bonds is 6. The molecule has 0 radical (unpaired) electrons. The number of carboxylic acid groups (broad SMARTS) is 1. The Bertz CT molecular complexity index is 631. The Kier molecular flexibility index (Phi) is 4.09. The van der Waals surface area contributed by atoms with Gasteiger partial charge in [-0.15, -0.1) is 0 Å². The van der Waals surface area contributed by atoms with Gasteiger partial charge in [0.15, 0.2) is 0 Å². The Balaban J connectivity index is 2.06. The van der Waals surface area contributed by atoms with E-state index in [2.05, 4.69) is 5.10 Å². The van der Waals surface area contributed by atoms with Gasteiger partial charge in [-0.2, -0.15) is 9.40 Å². The fourth-order valence-electron chi connectivity index (χ4n) is 2.06. The molecule has 0 atom stereocenters. The minimum Gasteiger partial charge on any atom is -0.481 e. The molecule has 1 aliphatic rings. The van der Waals surface area contributed by atoms with Crippen LogP contribution in [0, 0.1) is 5.92 Å². The van der Waals surface area contributed by atoms with Crippen molar-refractivity contribution in [2.75, 3.05) is 13.1 Å². The quantitative estimate of drug-likeness (QED) is 0.748. The van der Waals surface area contributed by atoms with Crippen molar-refractivity contribution >= 4 is 16.0 Å². The van der Waals surface area contributed by atoms with Crippen molar-refractivity contribution < 1.29 is 23.4 Å². The van der Waals surface area contributed by atoms with Crippen molar-refractivity contribution in [3.63, 3.8) is 0 Å². The molecule has 0 bridgehead atoms. The zero-order valence-electron chi connectivity index (χ0n) is 11.9. The number of β-amino-alcohol motifs (C(OH)–C–C–N with tert-alkyl or cyclic N) is 1. The highest BCUT2D eigenvalue weighted by molar-refractivity contribution is 7.89. The third-order valence-corrected chi connectivity index (χ3v) is 5.52. The number of aryl methyl sites for hydroxylation is 1. The molecular formula is C12H19N3O5S. The predicted octanol–water partition coefficient (Wildman–Crippen LogP) is -0.251. The van der Waals surface area contributed by atoms with Crippen LogP contribution in [0.1, 0.15) is 20.3 Å². The summed E-state index contributed by atoms with van der Waals surface area (Å²) in [6.07, 6.45) is 2.38. The second kappa shape index (κ2) is 5.39. The highest BCUT2D eigenvalue weighted by atomic mass is 32.2. The van der Waals surface area contributed by atoms with Crippen molar-refractivity contribution in [1.29, 1.82) is 0 Å². The average molecular weight is 317 g/mol. The Morgan fingerprint density at radius 3 is 2.62 bits per heavy atom. The summed E-state index contributed by atoms with van der Waals surface area (Å²) >= 11 is 0. The van der Waals surface area contributed by atoms with E-state index in [0.717, 1.165) is 0 Å². The van der Waals surface area contributed by atoms with E-state index in [0.29, 0.717) is 0 Å². The highest BCUT2D eigenvalue weighted by Crippen LogP contribution is 2.32. The van der Waals surface area contributed by atoms with E-state index in [4.69, 9.17) is 5.11 Å². The summed E-state index contributed by atoms with van der Waals surface area (Å²) < 4.78 is 27.1. The van der Waals surface area contributed by atoms with E-state index in [1.54, 1.807) is 0 Å². The van der Waals surface area contributed by atoms with Gasteiger partial charge in [0.1, 0.15) is 4.90 Å². The van der Waals surface area contributed by atoms with Crippen molar-refractivity contribution in [2.24, 2.45) is 5.92 Å². The number of hydrogen-bond donors (Lipinski definition) is 2. The van der Waals surface area contributed by atoms with Gasteiger partial charge >= 0.3 is 5.97 Å². The van der Waals surface area contributed by atoms with Crippen molar-refractivity contribution in [3.8, 4) is 0 Å². The van der Waals surface area contributed by atoms with Gasteiger partial charge in [-0.25, -0.2) is 8.42 Å². The Morgan fingerprint density at radius 1 is 1.48 bits per heavy atom. The number of sulfonamides is 1. The third-order valence-electron chi connectivity index (χ3n) is 3.78. The van der Waals surface area contributed by atoms with E-state index in [1.165, 1.54) is 21.4 Å². The topological polar surface area (TPSA) is 113 Å². The van der Waals surface area contributed by atoms with Gasteiger partial charge in [0, 0.05) is 19.3 Å². The summed E-state index contributed by atoms with van der Waals surface area (Å²) in [5.41, 5.74) is -0.980. The molecule has 21 heavy (non-hydrogen) atoms. The van der Waals surface area contributed by atoms with Crippen LogP contribution < -0.4 is 0 Å². The molecule has 1 aromatic rings. The van der Waals surface area contributed by atoms with Crippen LogP contribution in [-0.4, -0.2) is 57.4 Å². The van der Waals surface area contributed by atoms with Crippen LogP contribution in [0.3, 0.4) is 0 Å². The van der Waals surface area contributed by atoms with Crippen LogP contribution in [0.15, 0.2) is 17.3 Å². The Labute approximate surface area is 123 Å². The molecular weight excluding hydrogens is 298 g/mol. The summed E-state index contributed by atoms with van der Waals surface area (Å²) in [5, 5.41) is 22.6. The van der Waals surface area contributed by atoms with Crippen LogP contribution >= 0.6 is 0 Å². The van der Waals surface area contributed by atoms with Crippen LogP contribution in [0.5, 0.6) is 0 Å². The monoisotopic (exact) mass is 317 g/mol. The molecule has 1 fully saturated rings. The molecule has 0 saturated carbocycles. The van der Waals surface area contributed by atoms with E-state index in [9.17, 15) is 18.3 Å². The van der Waals surface area contributed by atoms with Crippen molar-refractivity contribution in [2.45, 2.75) is 37.3 Å². The largest absolute Gasteiger partial charge is 0.481 e. The Morgan fingerprint density at radius 2 is 2.10 bits per heavy atom. The van der Waals surface area contributed by atoms with Crippen LogP contribution in [0.2, 0.25) is 0 Å². The van der Waals surface area contributed by atoms with E-state index in [1.807, 2.05) is 13.8 Å². The molecule has 0 aliphatic carbocycles. The summed E-state index contributed by atoms with van der Waals surface area (Å²) in [7, 11) is -3.68. The lowest BCUT2D eigenvalue weighted by Crippen LogP contribution is -2.65. The smallest absolute Gasteiger partial charge is 0.305 e. The fraction of sp³-hybridized carbons (Fsp3) is 0.667. The van der Waals surface area contributed by atoms with E-state index >= 15 is 0 Å². The molecule has 1 aromatic heterocycles. The van der Waals surface area contributed by atoms with Crippen LogP contribution in [0.4, 0.5) is 0 Å². The molecule has 0 spiro atoms. The molecule has 1 saturated heterocycles. The van der Waals surface area contributed by atoms with Crippen molar-refractivity contribution in [3.05, 3.63) is 12.4 Å². The molecule has 118 valence electrons. The van der Waals surface area contributed by atoms with Crippen LogP contribution in [-0.2, 0) is 21.4 Å². The maximum atomic E-state index is 12.3. The summed E-state index contributed by atoms with van der Waals surface area (Å²) in [6.45, 7) is 3.92. The first kappa shape index (κ1) is 15.9. The van der Waals surface area contributed by atoms with Gasteiger partial charge in [0.2, 0.25) is 10.0 Å². The summed E-state index contributed by atoms with van der Waals surface area (Å²) in [6, 6.07) is 0. The van der Waals surface area contributed by atoms with Crippen LogP contribution in [0.25, 0.3) is 0 Å². The Hall–Kier alpha value is -1.45. The maximum Gasteiger partial charge on any atom is 0.305 e. The number of carbonyl (C=O) groups is 1. The predicted molar refractivity (Wildman–Crippen MR) is 73.0 cm³/mol. The van der Waals surface area contributed by atoms with Gasteiger partial charge in [-0.1, -0.05) is 13.8 Å². The maximum absolute atomic E-state index is 12.3.